The van der Waals surface area contributed by atoms with Gasteiger partial charge in [-0.2, -0.15) is 0 Å². The molecule has 0 spiro atoms. The molecular weight excluding hydrogens is 117 g/mol. The molecular formula is BLiO3V-5. The van der Waals surface area contributed by atoms with E-state index in [1.54, 1.807) is 0 Å². The first-order valence-electron chi connectivity index (χ1n) is 0. The van der Waals surface area contributed by atoms with Gasteiger partial charge in [0.05, 0.1) is 0 Å². The molecule has 0 N–H and O–H groups in total. The van der Waals surface area contributed by atoms with E-state index in [1.165, 1.54) is 0 Å². The van der Waals surface area contributed by atoms with Crippen LogP contribution in [-0.2, 0) is 35.0 Å². The summed E-state index contributed by atoms with van der Waals surface area (Å²) in [5.74, 6) is 0. The molecule has 0 aromatic heterocycles. The Hall–Kier alpha value is 1.13. The van der Waals surface area contributed by atoms with Crippen LogP contribution in [0.3, 0.4) is 0 Å². The van der Waals surface area contributed by atoms with Gasteiger partial charge in [0, 0.05) is 27.0 Å². The molecule has 0 heterocycles. The van der Waals surface area contributed by atoms with Crippen LogP contribution in [0.5, 0.6) is 0 Å². The zero-order valence-electron chi connectivity index (χ0n) is 3.25. The monoisotopic (exact) mass is 117 g/mol. The van der Waals surface area contributed by atoms with Crippen LogP contribution in [0.2, 0.25) is 0 Å². The normalized spacial score (nSPS) is 0. The van der Waals surface area contributed by atoms with Gasteiger partial charge in [-0.25, -0.2) is 0 Å². The van der Waals surface area contributed by atoms with Crippen LogP contribution in [0.25, 0.3) is 0 Å². The first kappa shape index (κ1) is 211. The predicted molar refractivity (Wildman–Crippen MR) is 7.81 cm³/mol. The van der Waals surface area contributed by atoms with Crippen LogP contribution in [0.4, 0.5) is 0 Å². The number of hydrogen-bond acceptors (Lipinski definition) is 0. The molecule has 0 aliphatic carbocycles. The second kappa shape index (κ2) is 127. The van der Waals surface area contributed by atoms with Crippen molar-refractivity contribution in [2.75, 3.05) is 0 Å². The van der Waals surface area contributed by atoms with Crippen molar-refractivity contribution >= 4 is 8.41 Å². The quantitative estimate of drug-likeness (QED) is 0.292. The van der Waals surface area contributed by atoms with Gasteiger partial charge in [-0.3, -0.25) is 0 Å². The van der Waals surface area contributed by atoms with E-state index >= 15 is 0 Å². The van der Waals surface area contributed by atoms with E-state index in [0.29, 0.717) is 0 Å². The van der Waals surface area contributed by atoms with Crippen molar-refractivity contribution in [3.63, 3.8) is 0 Å². The molecule has 0 aromatic carbocycles. The van der Waals surface area contributed by atoms with Gasteiger partial charge in [0.25, 0.3) is 0 Å². The Morgan fingerprint density at radius 3 is 0.667 bits per heavy atom. The van der Waals surface area contributed by atoms with Gasteiger partial charge in [-0.1, -0.05) is 0 Å². The molecule has 3 nitrogen and oxygen atoms in total. The second-order valence-corrected chi connectivity index (χ2v) is 0. The Morgan fingerprint density at radius 2 is 0.667 bits per heavy atom. The van der Waals surface area contributed by atoms with Crippen molar-refractivity contribution in [3.8, 4) is 0 Å². The van der Waals surface area contributed by atoms with Crippen molar-refractivity contribution in [2.24, 2.45) is 0 Å². The fraction of sp³-hybridized carbons (Fsp3) is 0. The van der Waals surface area contributed by atoms with E-state index in [4.69, 9.17) is 0 Å². The Morgan fingerprint density at radius 1 is 0.667 bits per heavy atom. The molecule has 0 aliphatic rings. The minimum Gasteiger partial charge on any atom is -2.00 e. The minimum atomic E-state index is 0. The van der Waals surface area contributed by atoms with Crippen LogP contribution in [-0.4, -0.2) is 8.41 Å². The van der Waals surface area contributed by atoms with Crippen molar-refractivity contribution in [1.29, 1.82) is 0 Å². The predicted octanol–water partition coefficient (Wildman–Crippen LogP) is -3.74. The van der Waals surface area contributed by atoms with Gasteiger partial charge < -0.3 is 16.4 Å². The van der Waals surface area contributed by atoms with Crippen molar-refractivity contribution in [2.45, 2.75) is 0 Å². The SMILES string of the molecule is [B].[Li+].[O-2].[O-2].[O-2].[V]. The topological polar surface area (TPSA) is 85.5 Å². The average Bonchev–Trinajstić information content (AvgIpc) is 0. The van der Waals surface area contributed by atoms with Crippen LogP contribution < -0.4 is 18.9 Å². The molecule has 0 aliphatic heterocycles. The third-order valence-corrected chi connectivity index (χ3v) is 0. The third-order valence-electron chi connectivity index (χ3n) is 0. The van der Waals surface area contributed by atoms with Crippen LogP contribution in [0.15, 0.2) is 0 Å². The van der Waals surface area contributed by atoms with Crippen molar-refractivity contribution < 1.29 is 53.8 Å². The fourth-order valence-corrected chi connectivity index (χ4v) is 0. The van der Waals surface area contributed by atoms with E-state index in [1.807, 2.05) is 0 Å². The molecule has 0 aromatic rings. The van der Waals surface area contributed by atoms with Crippen molar-refractivity contribution in [3.05, 3.63) is 0 Å². The Kier molecular flexibility index (Phi) is 4450. The maximum Gasteiger partial charge on any atom is 1.00 e. The van der Waals surface area contributed by atoms with E-state index in [9.17, 15) is 0 Å². The summed E-state index contributed by atoms with van der Waals surface area (Å²) < 4.78 is 0. The maximum atomic E-state index is 0. The van der Waals surface area contributed by atoms with E-state index in [-0.39, 0.29) is 62.3 Å². The van der Waals surface area contributed by atoms with Gasteiger partial charge in [-0.05, 0) is 0 Å². The van der Waals surface area contributed by atoms with E-state index in [0.717, 1.165) is 0 Å². The summed E-state index contributed by atoms with van der Waals surface area (Å²) in [5.41, 5.74) is 0. The number of hydrogen-bond donors (Lipinski definition) is 0. The molecule has 0 amide bonds. The summed E-state index contributed by atoms with van der Waals surface area (Å²) in [5, 5.41) is 0. The zero-order valence-corrected chi connectivity index (χ0v) is 4.65. The van der Waals surface area contributed by atoms with Gasteiger partial charge in [0.1, 0.15) is 0 Å². The smallest absolute Gasteiger partial charge is 1.00 e. The molecule has 0 fully saturated rings. The molecule has 0 saturated carbocycles. The van der Waals surface area contributed by atoms with Crippen molar-refractivity contribution in [1.82, 2.24) is 0 Å². The molecule has 0 saturated heterocycles. The van der Waals surface area contributed by atoms with E-state index in [2.05, 4.69) is 0 Å². The van der Waals surface area contributed by atoms with Crippen LogP contribution in [0, 0.1) is 0 Å². The molecule has 0 rings (SSSR count). The molecule has 32 valence electrons. The Labute approximate surface area is 62.4 Å². The summed E-state index contributed by atoms with van der Waals surface area (Å²) >= 11 is 0. The fourth-order valence-electron chi connectivity index (χ4n) is 0. The summed E-state index contributed by atoms with van der Waals surface area (Å²) in [6.45, 7) is 0. The maximum absolute atomic E-state index is 0. The third kappa shape index (κ3) is 68.8. The standard InChI is InChI=1S/B.Li.3O.V/q;+1;3*-2;. The number of rotatable bonds is 0. The molecule has 6 heavy (non-hydrogen) atoms. The summed E-state index contributed by atoms with van der Waals surface area (Å²) in [6, 6.07) is 0. The largest absolute Gasteiger partial charge is 2.00 e. The van der Waals surface area contributed by atoms with Gasteiger partial charge >= 0.3 is 18.9 Å². The van der Waals surface area contributed by atoms with Gasteiger partial charge in [0.15, 0.2) is 0 Å². The zero-order chi connectivity index (χ0) is 0. The minimum absolute atomic E-state index is 0. The Balaban J connectivity index is 0. The van der Waals surface area contributed by atoms with Gasteiger partial charge in [-0.15, -0.1) is 0 Å². The van der Waals surface area contributed by atoms with Crippen LogP contribution >= 0.6 is 0 Å². The first-order valence-corrected chi connectivity index (χ1v) is 0. The summed E-state index contributed by atoms with van der Waals surface area (Å²) in [7, 11) is 0. The molecule has 0 bridgehead atoms. The second-order valence-electron chi connectivity index (χ2n) is 0. The van der Waals surface area contributed by atoms with Crippen LogP contribution in [0.1, 0.15) is 0 Å². The average molecular weight is 117 g/mol. The molecule has 6 heteroatoms. The molecule has 0 atom stereocenters. The Bertz CT molecular complexity index is 10.8. The summed E-state index contributed by atoms with van der Waals surface area (Å²) in [4.78, 5) is 0. The molecule has 0 unspecified atom stereocenters. The van der Waals surface area contributed by atoms with E-state index < -0.39 is 0 Å². The first-order chi connectivity index (χ1) is 0. The molecule has 4 radical (unpaired) electrons. The summed E-state index contributed by atoms with van der Waals surface area (Å²) in [6.07, 6.45) is 0. The van der Waals surface area contributed by atoms with Gasteiger partial charge in [0.2, 0.25) is 0 Å².